The van der Waals surface area contributed by atoms with Gasteiger partial charge >= 0.3 is 0 Å². The minimum atomic E-state index is -0.0696. The monoisotopic (exact) mass is 366 g/mol. The number of hydrogen-bond acceptors (Lipinski definition) is 1. The predicted octanol–water partition coefficient (Wildman–Crippen LogP) is 5.26. The van der Waals surface area contributed by atoms with E-state index in [1.807, 2.05) is 35.2 Å². The summed E-state index contributed by atoms with van der Waals surface area (Å²) in [6.07, 6.45) is 0.844. The van der Waals surface area contributed by atoms with Crippen LogP contribution in [0.15, 0.2) is 78.9 Å². The Morgan fingerprint density at radius 2 is 1.61 bits per heavy atom. The molecule has 138 valence electrons. The van der Waals surface area contributed by atoms with Gasteiger partial charge in [-0.25, -0.2) is 0 Å². The van der Waals surface area contributed by atoms with Crippen molar-refractivity contribution in [2.45, 2.75) is 19.4 Å². The predicted molar refractivity (Wildman–Crippen MR) is 113 cm³/mol. The molecule has 0 unspecified atom stereocenters. The summed E-state index contributed by atoms with van der Waals surface area (Å²) in [6, 6.07) is 26.7. The Bertz CT molecular complexity index is 1160. The van der Waals surface area contributed by atoms with Crippen LogP contribution in [0.4, 0.5) is 0 Å². The van der Waals surface area contributed by atoms with Crippen molar-refractivity contribution in [3.8, 4) is 0 Å². The number of nitrogens with zero attached hydrogens (tertiary/aromatic N) is 1. The number of aromatic nitrogens is 1. The number of H-pyrrole nitrogens is 1. The van der Waals surface area contributed by atoms with E-state index in [4.69, 9.17) is 0 Å². The lowest BCUT2D eigenvalue weighted by Gasteiger charge is -2.25. The molecule has 5 rings (SSSR count). The van der Waals surface area contributed by atoms with Crippen molar-refractivity contribution >= 4 is 16.8 Å². The van der Waals surface area contributed by atoms with Crippen molar-refractivity contribution in [2.75, 3.05) is 6.54 Å². The lowest BCUT2D eigenvalue weighted by molar-refractivity contribution is 0.0749. The molecule has 0 saturated heterocycles. The lowest BCUT2D eigenvalue weighted by atomic mass is 9.99. The molecule has 1 atom stereocenters. The van der Waals surface area contributed by atoms with Crippen LogP contribution in [0.3, 0.4) is 0 Å². The summed E-state index contributed by atoms with van der Waals surface area (Å²) in [5.41, 5.74) is 6.62. The van der Waals surface area contributed by atoms with Crippen LogP contribution >= 0.6 is 0 Å². The van der Waals surface area contributed by atoms with Gasteiger partial charge in [0.1, 0.15) is 0 Å². The van der Waals surface area contributed by atoms with Crippen molar-refractivity contribution in [3.05, 3.63) is 107 Å². The van der Waals surface area contributed by atoms with E-state index in [0.29, 0.717) is 6.54 Å². The second kappa shape index (κ2) is 6.68. The Kier molecular flexibility index (Phi) is 4.01. The van der Waals surface area contributed by atoms with Crippen molar-refractivity contribution < 1.29 is 4.79 Å². The number of hydrogen-bond donors (Lipinski definition) is 1. The summed E-state index contributed by atoms with van der Waals surface area (Å²) >= 11 is 0. The molecule has 28 heavy (non-hydrogen) atoms. The molecule has 1 N–H and O–H groups in total. The maximum atomic E-state index is 13.2. The van der Waals surface area contributed by atoms with Crippen LogP contribution in [0, 0.1) is 6.92 Å². The van der Waals surface area contributed by atoms with Crippen LogP contribution in [-0.4, -0.2) is 22.3 Å². The average Bonchev–Trinajstić information content (AvgIpc) is 3.22. The Morgan fingerprint density at radius 3 is 2.43 bits per heavy atom. The van der Waals surface area contributed by atoms with E-state index in [1.165, 1.54) is 16.5 Å². The van der Waals surface area contributed by atoms with Gasteiger partial charge in [-0.05, 0) is 42.2 Å². The number of aryl methyl sites for hydroxylation is 1. The van der Waals surface area contributed by atoms with E-state index in [1.54, 1.807) is 0 Å². The molecule has 4 aromatic rings. The Balaban J connectivity index is 1.59. The third-order valence-electron chi connectivity index (χ3n) is 5.82. The number of fused-ring (bicyclic) bond motifs is 2. The number of amides is 1. The zero-order chi connectivity index (χ0) is 19.1. The van der Waals surface area contributed by atoms with Crippen LogP contribution in [0.1, 0.15) is 38.8 Å². The number of carbonyl (C=O) groups is 1. The zero-order valence-corrected chi connectivity index (χ0v) is 15.9. The molecule has 1 aromatic heterocycles. The molecule has 1 aliphatic heterocycles. The molecule has 0 spiro atoms. The topological polar surface area (TPSA) is 36.1 Å². The van der Waals surface area contributed by atoms with Gasteiger partial charge in [0.05, 0.1) is 6.04 Å². The summed E-state index contributed by atoms with van der Waals surface area (Å²) in [4.78, 5) is 18.9. The lowest BCUT2D eigenvalue weighted by Crippen LogP contribution is -2.31. The van der Waals surface area contributed by atoms with Crippen LogP contribution < -0.4 is 0 Å². The van der Waals surface area contributed by atoms with Gasteiger partial charge in [0, 0.05) is 28.7 Å². The maximum absolute atomic E-state index is 13.2. The SMILES string of the molecule is Cc1c([C@H]2c3ccccc3C(=O)N2CCc2ccccc2)[nH]c2ccccc12. The molecule has 0 radical (unpaired) electrons. The second-order valence-electron chi connectivity index (χ2n) is 7.43. The van der Waals surface area contributed by atoms with Crippen molar-refractivity contribution in [3.63, 3.8) is 0 Å². The molecule has 3 heteroatoms. The first kappa shape index (κ1) is 16.8. The molecule has 3 nitrogen and oxygen atoms in total. The summed E-state index contributed by atoms with van der Waals surface area (Å²) in [6.45, 7) is 2.84. The molecule has 1 aliphatic rings. The first-order valence-electron chi connectivity index (χ1n) is 9.75. The summed E-state index contributed by atoms with van der Waals surface area (Å²) in [7, 11) is 0. The number of nitrogens with one attached hydrogen (secondary N) is 1. The number of aromatic amines is 1. The van der Waals surface area contributed by atoms with E-state index < -0.39 is 0 Å². The third-order valence-corrected chi connectivity index (χ3v) is 5.82. The van der Waals surface area contributed by atoms with Gasteiger partial charge in [0.15, 0.2) is 0 Å². The Morgan fingerprint density at radius 1 is 0.893 bits per heavy atom. The fourth-order valence-electron chi connectivity index (χ4n) is 4.38. The highest BCUT2D eigenvalue weighted by Gasteiger charge is 2.38. The standard InChI is InChI=1S/C25H22N2O/c1-17-19-11-7-8-14-22(19)26-23(17)24-20-12-5-6-13-21(20)25(28)27(24)16-15-18-9-3-2-4-10-18/h2-14,24,26H,15-16H2,1H3/t24-/m1/s1. The van der Waals surface area contributed by atoms with E-state index in [2.05, 4.69) is 60.4 Å². The second-order valence-corrected chi connectivity index (χ2v) is 7.43. The minimum absolute atomic E-state index is 0.0696. The molecule has 0 saturated carbocycles. The number of carbonyl (C=O) groups excluding carboxylic acids is 1. The maximum Gasteiger partial charge on any atom is 0.255 e. The fourth-order valence-corrected chi connectivity index (χ4v) is 4.38. The average molecular weight is 366 g/mol. The van der Waals surface area contributed by atoms with E-state index in [0.717, 1.165) is 28.8 Å². The highest BCUT2D eigenvalue weighted by molar-refractivity contribution is 6.00. The molecule has 0 bridgehead atoms. The van der Waals surface area contributed by atoms with Gasteiger partial charge in [-0.3, -0.25) is 4.79 Å². The highest BCUT2D eigenvalue weighted by atomic mass is 16.2. The van der Waals surface area contributed by atoms with Gasteiger partial charge in [-0.2, -0.15) is 0 Å². The molecular weight excluding hydrogens is 344 g/mol. The van der Waals surface area contributed by atoms with Gasteiger partial charge in [0.2, 0.25) is 0 Å². The van der Waals surface area contributed by atoms with Crippen molar-refractivity contribution in [2.24, 2.45) is 0 Å². The zero-order valence-electron chi connectivity index (χ0n) is 15.9. The summed E-state index contributed by atoms with van der Waals surface area (Å²) in [5.74, 6) is 0.120. The van der Waals surface area contributed by atoms with Crippen LogP contribution in [0.25, 0.3) is 10.9 Å². The van der Waals surface area contributed by atoms with Gasteiger partial charge in [-0.15, -0.1) is 0 Å². The van der Waals surface area contributed by atoms with Gasteiger partial charge in [-0.1, -0.05) is 66.7 Å². The van der Waals surface area contributed by atoms with Crippen molar-refractivity contribution in [1.82, 2.24) is 9.88 Å². The van der Waals surface area contributed by atoms with E-state index >= 15 is 0 Å². The Labute approximate surface area is 164 Å². The largest absolute Gasteiger partial charge is 0.356 e. The molecule has 0 fully saturated rings. The Hall–Kier alpha value is -3.33. The first-order chi connectivity index (χ1) is 13.7. The molecular formula is C25H22N2O. The molecule has 2 heterocycles. The van der Waals surface area contributed by atoms with Crippen LogP contribution in [0.2, 0.25) is 0 Å². The summed E-state index contributed by atoms with van der Waals surface area (Å²) < 4.78 is 0. The smallest absolute Gasteiger partial charge is 0.255 e. The number of para-hydroxylation sites is 1. The molecule has 1 amide bonds. The fraction of sp³-hybridized carbons (Fsp3) is 0.160. The summed E-state index contributed by atoms with van der Waals surface area (Å²) in [5, 5.41) is 1.22. The number of rotatable bonds is 4. The van der Waals surface area contributed by atoms with Gasteiger partial charge in [0.25, 0.3) is 5.91 Å². The third kappa shape index (κ3) is 2.63. The molecule has 0 aliphatic carbocycles. The van der Waals surface area contributed by atoms with Crippen molar-refractivity contribution in [1.29, 1.82) is 0 Å². The van der Waals surface area contributed by atoms with E-state index in [-0.39, 0.29) is 11.9 Å². The van der Waals surface area contributed by atoms with Crippen LogP contribution in [0.5, 0.6) is 0 Å². The van der Waals surface area contributed by atoms with Crippen LogP contribution in [-0.2, 0) is 6.42 Å². The first-order valence-corrected chi connectivity index (χ1v) is 9.75. The molecule has 3 aromatic carbocycles. The van der Waals surface area contributed by atoms with Gasteiger partial charge < -0.3 is 9.88 Å². The quantitative estimate of drug-likeness (QED) is 0.525. The normalized spacial score (nSPS) is 16.0. The highest BCUT2D eigenvalue weighted by Crippen LogP contribution is 2.40. The van der Waals surface area contributed by atoms with E-state index in [9.17, 15) is 4.79 Å². The minimum Gasteiger partial charge on any atom is -0.356 e. The number of benzene rings is 3.